The molecule has 2 amide bonds. The smallest absolute Gasteiger partial charge is 0.265 e. The normalized spacial score (nSPS) is 12.6. The molecular weight excluding hydrogens is 471 g/mol. The number of carbonyl (C=O) groups is 2. The van der Waals surface area contributed by atoms with Crippen LogP contribution in [0.1, 0.15) is 91.7 Å². The molecule has 0 aliphatic heterocycles. The molecule has 37 heavy (non-hydrogen) atoms. The van der Waals surface area contributed by atoms with E-state index in [1.807, 2.05) is 13.0 Å². The summed E-state index contributed by atoms with van der Waals surface area (Å²) in [6.45, 7) is 14.3. The first kappa shape index (κ1) is 30.1. The number of carbonyl (C=O) groups excluding carboxylic acids is 2. The minimum atomic E-state index is -0.797. The lowest BCUT2D eigenvalue weighted by Gasteiger charge is -2.31. The van der Waals surface area contributed by atoms with Crippen LogP contribution < -0.4 is 15.4 Å². The van der Waals surface area contributed by atoms with Crippen molar-refractivity contribution in [1.29, 1.82) is 0 Å². The monoisotopic (exact) mass is 514 g/mol. The highest BCUT2D eigenvalue weighted by Crippen LogP contribution is 2.39. The van der Waals surface area contributed by atoms with Crippen molar-refractivity contribution in [2.45, 2.75) is 97.5 Å². The van der Waals surface area contributed by atoms with Crippen molar-refractivity contribution in [3.63, 3.8) is 0 Å². The highest BCUT2D eigenvalue weighted by atomic mass is 19.1. The molecule has 2 aromatic carbocycles. The van der Waals surface area contributed by atoms with E-state index in [9.17, 15) is 19.1 Å². The first-order chi connectivity index (χ1) is 17.4. The maximum absolute atomic E-state index is 13.3. The number of aromatic hydroxyl groups is 1. The Kier molecular flexibility index (Phi) is 10.5. The van der Waals surface area contributed by atoms with Crippen LogP contribution in [0.2, 0.25) is 0 Å². The lowest BCUT2D eigenvalue weighted by Crippen LogP contribution is -2.33. The van der Waals surface area contributed by atoms with Gasteiger partial charge in [-0.3, -0.25) is 14.0 Å². The van der Waals surface area contributed by atoms with Gasteiger partial charge in [-0.25, -0.2) is 0 Å². The van der Waals surface area contributed by atoms with E-state index >= 15 is 0 Å². The zero-order valence-corrected chi connectivity index (χ0v) is 23.3. The number of phenols is 1. The Labute approximate surface area is 221 Å². The van der Waals surface area contributed by atoms with Gasteiger partial charge in [0, 0.05) is 12.0 Å². The van der Waals surface area contributed by atoms with E-state index in [-0.39, 0.29) is 40.8 Å². The summed E-state index contributed by atoms with van der Waals surface area (Å²) in [6, 6.07) is 10.8. The second kappa shape index (κ2) is 12.9. The largest absolute Gasteiger partial charge is 0.506 e. The number of benzene rings is 2. The molecule has 0 bridgehead atoms. The predicted octanol–water partition coefficient (Wildman–Crippen LogP) is 7.25. The molecular formula is C30H43FN2O4. The van der Waals surface area contributed by atoms with E-state index in [4.69, 9.17) is 4.74 Å². The molecule has 7 heteroatoms. The predicted molar refractivity (Wildman–Crippen MR) is 148 cm³/mol. The van der Waals surface area contributed by atoms with Crippen molar-refractivity contribution in [2.24, 2.45) is 0 Å². The van der Waals surface area contributed by atoms with Crippen LogP contribution in [0.3, 0.4) is 0 Å². The van der Waals surface area contributed by atoms with Crippen molar-refractivity contribution < 1.29 is 23.8 Å². The summed E-state index contributed by atoms with van der Waals surface area (Å²) in [5, 5.41) is 15.7. The molecule has 2 rings (SSSR count). The van der Waals surface area contributed by atoms with E-state index in [0.717, 1.165) is 18.4 Å². The molecule has 3 N–H and O–H groups in total. The first-order valence-corrected chi connectivity index (χ1v) is 13.2. The van der Waals surface area contributed by atoms with E-state index < -0.39 is 24.6 Å². The lowest BCUT2D eigenvalue weighted by atomic mass is 9.76. The second-order valence-corrected chi connectivity index (χ2v) is 10.7. The van der Waals surface area contributed by atoms with Crippen LogP contribution >= 0.6 is 0 Å². The molecule has 0 fully saturated rings. The van der Waals surface area contributed by atoms with Gasteiger partial charge < -0.3 is 20.5 Å². The van der Waals surface area contributed by atoms with Gasteiger partial charge in [0.1, 0.15) is 17.2 Å². The zero-order chi connectivity index (χ0) is 27.8. The van der Waals surface area contributed by atoms with Crippen molar-refractivity contribution in [1.82, 2.24) is 0 Å². The highest BCUT2D eigenvalue weighted by molar-refractivity contribution is 6.02. The van der Waals surface area contributed by atoms with Gasteiger partial charge in [0.2, 0.25) is 5.91 Å². The molecule has 2 aromatic rings. The Bertz CT molecular complexity index is 1080. The molecule has 204 valence electrons. The van der Waals surface area contributed by atoms with Crippen LogP contribution in [-0.2, 0) is 20.4 Å². The van der Waals surface area contributed by atoms with Gasteiger partial charge in [-0.2, -0.15) is 0 Å². The van der Waals surface area contributed by atoms with Gasteiger partial charge in [-0.05, 0) is 60.3 Å². The third kappa shape index (κ3) is 7.70. The van der Waals surface area contributed by atoms with Crippen molar-refractivity contribution >= 4 is 23.2 Å². The summed E-state index contributed by atoms with van der Waals surface area (Å²) in [6.07, 6.45) is 1.56. The van der Waals surface area contributed by atoms with Gasteiger partial charge in [-0.1, -0.05) is 66.7 Å². The third-order valence-electron chi connectivity index (χ3n) is 7.29. The molecule has 0 saturated carbocycles. The fraction of sp³-hybridized carbons (Fsp3) is 0.533. The number of anilines is 2. The standard InChI is InChI=1S/C30H43FN2O4/c1-8-24(28(36)32-22-13-11-14-23(34)27(22)33-26(35)15-12-18-31)37-25-17-16-20(29(4,5)9-2)19-21(25)30(6,7)10-3/h11,13-14,16-17,19,24,34H,8-10,12,15,18H2,1-7H3,(H,32,36)(H,33,35). The minimum absolute atomic E-state index is 0.0129. The number of hydrogen-bond donors (Lipinski definition) is 3. The summed E-state index contributed by atoms with van der Waals surface area (Å²) in [5.74, 6) is -0.369. The Morgan fingerprint density at radius 2 is 1.68 bits per heavy atom. The average Bonchev–Trinajstić information content (AvgIpc) is 2.87. The van der Waals surface area contributed by atoms with Crippen LogP contribution in [0.15, 0.2) is 36.4 Å². The average molecular weight is 515 g/mol. The van der Waals surface area contributed by atoms with Crippen molar-refractivity contribution in [2.75, 3.05) is 17.3 Å². The molecule has 1 unspecified atom stereocenters. The lowest BCUT2D eigenvalue weighted by molar-refractivity contribution is -0.123. The topological polar surface area (TPSA) is 87.7 Å². The number of rotatable bonds is 13. The Morgan fingerprint density at radius 1 is 1.00 bits per heavy atom. The van der Waals surface area contributed by atoms with Crippen LogP contribution in [0.25, 0.3) is 0 Å². The number of hydrogen-bond acceptors (Lipinski definition) is 4. The Hall–Kier alpha value is -3.09. The van der Waals surface area contributed by atoms with Gasteiger partial charge >= 0.3 is 0 Å². The molecule has 0 radical (unpaired) electrons. The molecule has 6 nitrogen and oxygen atoms in total. The zero-order valence-electron chi connectivity index (χ0n) is 23.3. The SMILES string of the molecule is CCC(Oc1ccc(C(C)(C)CC)cc1C(C)(C)CC)C(=O)Nc1cccc(O)c1NC(=O)CCCF. The maximum atomic E-state index is 13.3. The molecule has 0 aliphatic rings. The maximum Gasteiger partial charge on any atom is 0.265 e. The number of phenolic OH excluding ortho intramolecular Hbond substituents is 1. The summed E-state index contributed by atoms with van der Waals surface area (Å²) < 4.78 is 18.8. The number of para-hydroxylation sites is 1. The van der Waals surface area contributed by atoms with E-state index in [0.29, 0.717) is 12.2 Å². The fourth-order valence-electron chi connectivity index (χ4n) is 3.87. The minimum Gasteiger partial charge on any atom is -0.506 e. The number of amides is 2. The van der Waals surface area contributed by atoms with Gasteiger partial charge in [-0.15, -0.1) is 0 Å². The molecule has 0 spiro atoms. The first-order valence-electron chi connectivity index (χ1n) is 13.2. The van der Waals surface area contributed by atoms with E-state index in [1.54, 1.807) is 12.1 Å². The number of nitrogens with one attached hydrogen (secondary N) is 2. The molecule has 1 atom stereocenters. The number of ether oxygens (including phenoxy) is 1. The van der Waals surface area contributed by atoms with Gasteiger partial charge in [0.15, 0.2) is 6.10 Å². The van der Waals surface area contributed by atoms with Crippen molar-refractivity contribution in [3.8, 4) is 11.5 Å². The second-order valence-electron chi connectivity index (χ2n) is 10.7. The van der Waals surface area contributed by atoms with Crippen LogP contribution in [-0.4, -0.2) is 29.7 Å². The van der Waals surface area contributed by atoms with Gasteiger partial charge in [0.25, 0.3) is 5.91 Å². The van der Waals surface area contributed by atoms with Crippen LogP contribution in [0, 0.1) is 0 Å². The summed E-state index contributed by atoms with van der Waals surface area (Å²) in [4.78, 5) is 25.4. The molecule has 0 saturated heterocycles. The highest BCUT2D eigenvalue weighted by Gasteiger charge is 2.29. The van der Waals surface area contributed by atoms with Gasteiger partial charge in [0.05, 0.1) is 12.4 Å². The van der Waals surface area contributed by atoms with E-state index in [1.165, 1.54) is 11.6 Å². The molecule has 0 aromatic heterocycles. The van der Waals surface area contributed by atoms with Crippen molar-refractivity contribution in [3.05, 3.63) is 47.5 Å². The summed E-state index contributed by atoms with van der Waals surface area (Å²) >= 11 is 0. The third-order valence-corrected chi connectivity index (χ3v) is 7.29. The van der Waals surface area contributed by atoms with Crippen LogP contribution in [0.5, 0.6) is 11.5 Å². The summed E-state index contributed by atoms with van der Waals surface area (Å²) in [5.41, 5.74) is 2.46. The Morgan fingerprint density at radius 3 is 2.27 bits per heavy atom. The summed E-state index contributed by atoms with van der Waals surface area (Å²) in [7, 11) is 0. The van der Waals surface area contributed by atoms with E-state index in [2.05, 4.69) is 64.3 Å². The molecule has 0 heterocycles. The fourth-order valence-corrected chi connectivity index (χ4v) is 3.87. The van der Waals surface area contributed by atoms with Crippen LogP contribution in [0.4, 0.5) is 15.8 Å². The Balaban J connectivity index is 2.34. The quantitative estimate of drug-likeness (QED) is 0.246. The molecule has 0 aliphatic carbocycles. The number of alkyl halides is 1. The number of halogens is 1.